The molecule has 0 amide bonds. The molecule has 0 radical (unpaired) electrons. The second kappa shape index (κ2) is 7.14. The molecule has 1 aromatic rings. The quantitative estimate of drug-likeness (QED) is 0.605. The van der Waals surface area contributed by atoms with Crippen molar-refractivity contribution in [1.82, 2.24) is 4.31 Å². The summed E-state index contributed by atoms with van der Waals surface area (Å²) in [6.45, 7) is 17.3. The summed E-state index contributed by atoms with van der Waals surface area (Å²) in [6.07, 6.45) is 0. The molecule has 1 aromatic carbocycles. The van der Waals surface area contributed by atoms with Crippen molar-refractivity contribution in [3.8, 4) is 0 Å². The smallest absolute Gasteiger partial charge is 0.399 e. The normalized spacial score (nSPS) is 23.5. The van der Waals surface area contributed by atoms with Gasteiger partial charge in [0.2, 0.25) is 0 Å². The average molecular weight is 362 g/mol. The third-order valence-corrected chi connectivity index (χ3v) is 6.47. The highest BCUT2D eigenvalue weighted by atomic mass is 32.2. The van der Waals surface area contributed by atoms with Crippen molar-refractivity contribution in [3.05, 3.63) is 24.3 Å². The molecule has 0 bridgehead atoms. The Labute approximate surface area is 157 Å². The standard InChI is InChI=1S/C19H31BN2O2S/c1-15(2)25-22-13-11-21(12-14-22)17-9-7-16(8-10-17)20-23-18(3,4)19(5,6)24-20/h7-10,15H,11-14H2,1-6H3. The Kier molecular flexibility index (Phi) is 5.45. The van der Waals surface area contributed by atoms with E-state index in [1.807, 2.05) is 11.9 Å². The second-order valence-electron chi connectivity index (χ2n) is 8.25. The van der Waals surface area contributed by atoms with Crippen LogP contribution in [-0.4, -0.2) is 54.1 Å². The number of nitrogens with zero attached hydrogens (tertiary/aromatic N) is 2. The zero-order valence-corrected chi connectivity index (χ0v) is 17.2. The van der Waals surface area contributed by atoms with Crippen molar-refractivity contribution in [2.45, 2.75) is 58.0 Å². The maximum absolute atomic E-state index is 6.14. The van der Waals surface area contributed by atoms with E-state index in [9.17, 15) is 0 Å². The fourth-order valence-corrected chi connectivity index (χ4v) is 4.14. The first-order valence-electron chi connectivity index (χ1n) is 9.30. The minimum Gasteiger partial charge on any atom is -0.399 e. The molecule has 0 aliphatic carbocycles. The van der Waals surface area contributed by atoms with Crippen LogP contribution >= 0.6 is 11.9 Å². The van der Waals surface area contributed by atoms with Gasteiger partial charge in [-0.05, 0) is 45.3 Å². The van der Waals surface area contributed by atoms with Crippen LogP contribution < -0.4 is 10.4 Å². The molecule has 6 heteroatoms. The number of hydrogen-bond acceptors (Lipinski definition) is 5. The molecular formula is C19H31BN2O2S. The Morgan fingerprint density at radius 2 is 1.44 bits per heavy atom. The average Bonchev–Trinajstić information content (AvgIpc) is 2.76. The molecule has 4 nitrogen and oxygen atoms in total. The topological polar surface area (TPSA) is 24.9 Å². The van der Waals surface area contributed by atoms with Gasteiger partial charge in [-0.3, -0.25) is 0 Å². The first-order chi connectivity index (χ1) is 11.7. The van der Waals surface area contributed by atoms with Crippen LogP contribution in [0.25, 0.3) is 0 Å². The molecule has 138 valence electrons. The van der Waals surface area contributed by atoms with Crippen molar-refractivity contribution in [1.29, 1.82) is 0 Å². The minimum absolute atomic E-state index is 0.279. The Hall–Kier alpha value is -0.685. The monoisotopic (exact) mass is 362 g/mol. The molecule has 2 aliphatic heterocycles. The van der Waals surface area contributed by atoms with Crippen molar-refractivity contribution in [3.63, 3.8) is 0 Å². The number of hydrogen-bond donors (Lipinski definition) is 0. The highest BCUT2D eigenvalue weighted by Crippen LogP contribution is 2.36. The number of rotatable bonds is 4. The van der Waals surface area contributed by atoms with E-state index >= 15 is 0 Å². The van der Waals surface area contributed by atoms with Gasteiger partial charge in [0.1, 0.15) is 0 Å². The summed E-state index contributed by atoms with van der Waals surface area (Å²) in [4.78, 5) is 2.46. The minimum atomic E-state index is -0.291. The van der Waals surface area contributed by atoms with Crippen LogP contribution in [0.3, 0.4) is 0 Å². The highest BCUT2D eigenvalue weighted by molar-refractivity contribution is 7.97. The van der Waals surface area contributed by atoms with E-state index in [1.54, 1.807) is 0 Å². The fraction of sp³-hybridized carbons (Fsp3) is 0.684. The maximum atomic E-state index is 6.14. The first kappa shape index (κ1) is 19.1. The lowest BCUT2D eigenvalue weighted by Crippen LogP contribution is -2.44. The van der Waals surface area contributed by atoms with Gasteiger partial charge < -0.3 is 14.2 Å². The van der Waals surface area contributed by atoms with Crippen LogP contribution in [-0.2, 0) is 9.31 Å². The number of anilines is 1. The van der Waals surface area contributed by atoms with Gasteiger partial charge >= 0.3 is 7.12 Å². The molecule has 2 heterocycles. The van der Waals surface area contributed by atoms with Crippen molar-refractivity contribution >= 4 is 30.2 Å². The molecular weight excluding hydrogens is 331 g/mol. The SMILES string of the molecule is CC(C)SN1CCN(c2ccc(B3OC(C)(C)C(C)(C)O3)cc2)CC1. The molecule has 0 aromatic heterocycles. The van der Waals surface area contributed by atoms with Gasteiger partial charge in [-0.1, -0.05) is 37.9 Å². The van der Waals surface area contributed by atoms with Crippen LogP contribution in [0.2, 0.25) is 0 Å². The maximum Gasteiger partial charge on any atom is 0.494 e. The van der Waals surface area contributed by atoms with Crippen LogP contribution in [0.1, 0.15) is 41.5 Å². The molecule has 2 saturated heterocycles. The zero-order valence-electron chi connectivity index (χ0n) is 16.4. The van der Waals surface area contributed by atoms with Crippen LogP contribution in [0.15, 0.2) is 24.3 Å². The van der Waals surface area contributed by atoms with Gasteiger partial charge in [0.05, 0.1) is 11.2 Å². The predicted octanol–water partition coefficient (Wildman–Crippen LogP) is 3.16. The molecule has 0 N–H and O–H groups in total. The lowest BCUT2D eigenvalue weighted by Gasteiger charge is -2.36. The van der Waals surface area contributed by atoms with Gasteiger partial charge in [-0.25, -0.2) is 4.31 Å². The van der Waals surface area contributed by atoms with E-state index in [0.29, 0.717) is 5.25 Å². The Morgan fingerprint density at radius 1 is 0.920 bits per heavy atom. The molecule has 0 unspecified atom stereocenters. The summed E-state index contributed by atoms with van der Waals surface area (Å²) in [5, 5.41) is 0.658. The van der Waals surface area contributed by atoms with E-state index < -0.39 is 0 Å². The van der Waals surface area contributed by atoms with E-state index in [0.717, 1.165) is 31.6 Å². The Morgan fingerprint density at radius 3 is 1.92 bits per heavy atom. The van der Waals surface area contributed by atoms with Crippen LogP contribution in [0.4, 0.5) is 5.69 Å². The van der Waals surface area contributed by atoms with E-state index in [2.05, 4.69) is 75.0 Å². The molecule has 2 fully saturated rings. The summed E-state index contributed by atoms with van der Waals surface area (Å²) >= 11 is 1.96. The summed E-state index contributed by atoms with van der Waals surface area (Å²) in [7, 11) is -0.279. The summed E-state index contributed by atoms with van der Waals surface area (Å²) in [6, 6.07) is 8.69. The number of benzene rings is 1. The van der Waals surface area contributed by atoms with Crippen molar-refractivity contribution < 1.29 is 9.31 Å². The van der Waals surface area contributed by atoms with Gasteiger partial charge in [-0.2, -0.15) is 0 Å². The molecule has 3 rings (SSSR count). The predicted molar refractivity (Wildman–Crippen MR) is 109 cm³/mol. The van der Waals surface area contributed by atoms with Crippen LogP contribution in [0, 0.1) is 0 Å². The molecule has 0 atom stereocenters. The lowest BCUT2D eigenvalue weighted by atomic mass is 9.79. The zero-order chi connectivity index (χ0) is 18.2. The fourth-order valence-electron chi connectivity index (χ4n) is 3.17. The first-order valence-corrected chi connectivity index (χ1v) is 10.1. The van der Waals surface area contributed by atoms with Crippen molar-refractivity contribution in [2.75, 3.05) is 31.1 Å². The van der Waals surface area contributed by atoms with Crippen molar-refractivity contribution in [2.24, 2.45) is 0 Å². The van der Waals surface area contributed by atoms with E-state index in [4.69, 9.17) is 9.31 Å². The van der Waals surface area contributed by atoms with Crippen LogP contribution in [0.5, 0.6) is 0 Å². The Balaban J connectivity index is 1.60. The van der Waals surface area contributed by atoms with Gasteiger partial charge in [0, 0.05) is 37.1 Å². The third kappa shape index (κ3) is 4.18. The Bertz CT molecular complexity index is 568. The number of piperazine rings is 1. The third-order valence-electron chi connectivity index (χ3n) is 5.38. The largest absolute Gasteiger partial charge is 0.494 e. The van der Waals surface area contributed by atoms with Gasteiger partial charge in [-0.15, -0.1) is 0 Å². The summed E-state index contributed by atoms with van der Waals surface area (Å²) in [5.74, 6) is 0. The molecule has 2 aliphatic rings. The lowest BCUT2D eigenvalue weighted by molar-refractivity contribution is 0.00578. The second-order valence-corrected chi connectivity index (χ2v) is 9.92. The van der Waals surface area contributed by atoms with Gasteiger partial charge in [0.15, 0.2) is 0 Å². The summed E-state index contributed by atoms with van der Waals surface area (Å²) in [5.41, 5.74) is 1.80. The van der Waals surface area contributed by atoms with E-state index in [1.165, 1.54) is 5.69 Å². The van der Waals surface area contributed by atoms with E-state index in [-0.39, 0.29) is 18.3 Å². The molecule has 0 saturated carbocycles. The highest BCUT2D eigenvalue weighted by Gasteiger charge is 2.51. The molecule has 0 spiro atoms. The summed E-state index contributed by atoms with van der Waals surface area (Å²) < 4.78 is 14.8. The molecule has 25 heavy (non-hydrogen) atoms. The van der Waals surface area contributed by atoms with Gasteiger partial charge in [0.25, 0.3) is 0 Å².